The van der Waals surface area contributed by atoms with Crippen molar-refractivity contribution in [3.05, 3.63) is 77.9 Å². The van der Waals surface area contributed by atoms with Gasteiger partial charge in [-0.15, -0.1) is 0 Å². The second-order valence-corrected chi connectivity index (χ2v) is 4.27. The summed E-state index contributed by atoms with van der Waals surface area (Å²) >= 11 is 0. The van der Waals surface area contributed by atoms with Crippen LogP contribution < -0.4 is 0 Å². The van der Waals surface area contributed by atoms with Gasteiger partial charge in [0.25, 0.3) is 0 Å². The predicted octanol–water partition coefficient (Wildman–Crippen LogP) is 2.90. The van der Waals surface area contributed by atoms with Crippen LogP contribution in [-0.2, 0) is 4.74 Å². The number of aliphatic hydroxyl groups excluding tert-OH is 1. The Labute approximate surface area is 118 Å². The van der Waals surface area contributed by atoms with Gasteiger partial charge in [-0.1, -0.05) is 61.2 Å². The molecule has 3 nitrogen and oxygen atoms in total. The first kappa shape index (κ1) is 14.0. The van der Waals surface area contributed by atoms with Crippen molar-refractivity contribution in [1.29, 1.82) is 0 Å². The summed E-state index contributed by atoms with van der Waals surface area (Å²) in [5, 5.41) is 8.69. The molecule has 0 aliphatic carbocycles. The van der Waals surface area contributed by atoms with E-state index in [0.717, 1.165) is 5.56 Å². The summed E-state index contributed by atoms with van der Waals surface area (Å²) in [6, 6.07) is 16.2. The van der Waals surface area contributed by atoms with Crippen molar-refractivity contribution in [2.24, 2.45) is 0 Å². The van der Waals surface area contributed by atoms with Crippen LogP contribution in [0.5, 0.6) is 0 Å². The standard InChI is InChI=1S/C17H16O3/c1-13(20-12-11-18)14-7-9-16(10-8-14)17(19)15-5-3-2-4-6-15/h2-10,18H,1,11-12H2. The molecule has 2 aromatic carbocycles. The summed E-state index contributed by atoms with van der Waals surface area (Å²) in [6.45, 7) is 3.94. The SMILES string of the molecule is C=C(OCCO)c1ccc(C(=O)c2ccccc2)cc1. The van der Waals surface area contributed by atoms with E-state index in [9.17, 15) is 4.79 Å². The number of carbonyl (C=O) groups is 1. The molecule has 102 valence electrons. The second-order valence-electron chi connectivity index (χ2n) is 4.27. The lowest BCUT2D eigenvalue weighted by molar-refractivity contribution is 0.103. The Bertz CT molecular complexity index is 585. The zero-order valence-corrected chi connectivity index (χ0v) is 11.1. The molecular formula is C17H16O3. The van der Waals surface area contributed by atoms with E-state index in [1.165, 1.54) is 0 Å². The third-order valence-electron chi connectivity index (χ3n) is 2.87. The molecule has 0 saturated heterocycles. The van der Waals surface area contributed by atoms with Gasteiger partial charge in [0, 0.05) is 16.7 Å². The number of rotatable bonds is 6. The third kappa shape index (κ3) is 3.33. The number of benzene rings is 2. The summed E-state index contributed by atoms with van der Waals surface area (Å²) in [7, 11) is 0. The molecule has 0 heterocycles. The van der Waals surface area contributed by atoms with Crippen molar-refractivity contribution in [2.75, 3.05) is 13.2 Å². The molecule has 2 aromatic rings. The number of ether oxygens (including phenoxy) is 1. The highest BCUT2D eigenvalue weighted by Gasteiger charge is 2.08. The van der Waals surface area contributed by atoms with E-state index < -0.39 is 0 Å². The van der Waals surface area contributed by atoms with Gasteiger partial charge in [0.05, 0.1) is 6.61 Å². The Balaban J connectivity index is 2.12. The highest BCUT2D eigenvalue weighted by molar-refractivity contribution is 6.09. The Hall–Kier alpha value is -2.39. The molecule has 3 heteroatoms. The van der Waals surface area contributed by atoms with Gasteiger partial charge in [0.2, 0.25) is 0 Å². The minimum absolute atomic E-state index is 0.0148. The summed E-state index contributed by atoms with van der Waals surface area (Å²) in [5.74, 6) is 0.469. The van der Waals surface area contributed by atoms with Gasteiger partial charge >= 0.3 is 0 Å². The van der Waals surface area contributed by atoms with Crippen molar-refractivity contribution in [3.63, 3.8) is 0 Å². The Morgan fingerprint density at radius 1 is 0.950 bits per heavy atom. The molecule has 0 fully saturated rings. The van der Waals surface area contributed by atoms with Crippen LogP contribution in [0.1, 0.15) is 21.5 Å². The van der Waals surface area contributed by atoms with Gasteiger partial charge in [0.15, 0.2) is 5.78 Å². The van der Waals surface area contributed by atoms with Gasteiger partial charge in [-0.25, -0.2) is 0 Å². The molecule has 0 bridgehead atoms. The number of hydrogen-bond acceptors (Lipinski definition) is 3. The van der Waals surface area contributed by atoms with Crippen LogP contribution in [0.3, 0.4) is 0 Å². The van der Waals surface area contributed by atoms with Gasteiger partial charge in [-0.05, 0) is 0 Å². The molecule has 0 radical (unpaired) electrons. The molecule has 2 rings (SSSR count). The van der Waals surface area contributed by atoms with E-state index in [1.807, 2.05) is 18.2 Å². The molecule has 20 heavy (non-hydrogen) atoms. The largest absolute Gasteiger partial charge is 0.491 e. The van der Waals surface area contributed by atoms with Crippen molar-refractivity contribution in [2.45, 2.75) is 0 Å². The van der Waals surface area contributed by atoms with Gasteiger partial charge < -0.3 is 9.84 Å². The fraction of sp³-hybridized carbons (Fsp3) is 0.118. The lowest BCUT2D eigenvalue weighted by Crippen LogP contribution is -2.02. The Morgan fingerprint density at radius 3 is 2.10 bits per heavy atom. The van der Waals surface area contributed by atoms with Gasteiger partial charge in [0.1, 0.15) is 12.4 Å². The fourth-order valence-corrected chi connectivity index (χ4v) is 1.82. The number of hydrogen-bond donors (Lipinski definition) is 1. The van der Waals surface area contributed by atoms with E-state index in [0.29, 0.717) is 16.9 Å². The van der Waals surface area contributed by atoms with Crippen molar-refractivity contribution in [1.82, 2.24) is 0 Å². The zero-order chi connectivity index (χ0) is 14.4. The minimum Gasteiger partial charge on any atom is -0.491 e. The quantitative estimate of drug-likeness (QED) is 0.647. The average Bonchev–Trinajstić information content (AvgIpc) is 2.53. The van der Waals surface area contributed by atoms with Crippen LogP contribution >= 0.6 is 0 Å². The van der Waals surface area contributed by atoms with E-state index in [4.69, 9.17) is 9.84 Å². The Morgan fingerprint density at radius 2 is 1.50 bits per heavy atom. The highest BCUT2D eigenvalue weighted by atomic mass is 16.5. The lowest BCUT2D eigenvalue weighted by Gasteiger charge is -2.08. The highest BCUT2D eigenvalue weighted by Crippen LogP contribution is 2.16. The average molecular weight is 268 g/mol. The van der Waals surface area contributed by atoms with E-state index in [-0.39, 0.29) is 19.0 Å². The molecule has 0 aliphatic rings. The number of ketones is 1. The summed E-state index contributed by atoms with van der Waals surface area (Å²) in [6.07, 6.45) is 0. The van der Waals surface area contributed by atoms with Crippen LogP contribution in [0.4, 0.5) is 0 Å². The van der Waals surface area contributed by atoms with Crippen molar-refractivity contribution >= 4 is 11.5 Å². The maximum atomic E-state index is 12.2. The molecule has 1 N–H and O–H groups in total. The third-order valence-corrected chi connectivity index (χ3v) is 2.87. The number of aliphatic hydroxyl groups is 1. The van der Waals surface area contributed by atoms with Crippen molar-refractivity contribution in [3.8, 4) is 0 Å². The fourth-order valence-electron chi connectivity index (χ4n) is 1.82. The molecular weight excluding hydrogens is 252 g/mol. The van der Waals surface area contributed by atoms with Crippen LogP contribution in [0.25, 0.3) is 5.76 Å². The monoisotopic (exact) mass is 268 g/mol. The second kappa shape index (κ2) is 6.68. The molecule has 0 aromatic heterocycles. The van der Waals surface area contributed by atoms with E-state index >= 15 is 0 Å². The first-order valence-corrected chi connectivity index (χ1v) is 6.35. The smallest absolute Gasteiger partial charge is 0.193 e. The topological polar surface area (TPSA) is 46.5 Å². The normalized spacial score (nSPS) is 10.1. The van der Waals surface area contributed by atoms with Crippen molar-refractivity contribution < 1.29 is 14.6 Å². The van der Waals surface area contributed by atoms with Crippen LogP contribution in [-0.4, -0.2) is 24.1 Å². The maximum absolute atomic E-state index is 12.2. The van der Waals surface area contributed by atoms with Gasteiger partial charge in [-0.2, -0.15) is 0 Å². The minimum atomic E-state index is -0.0520. The van der Waals surface area contributed by atoms with E-state index in [2.05, 4.69) is 6.58 Å². The zero-order valence-electron chi connectivity index (χ0n) is 11.1. The first-order chi connectivity index (χ1) is 9.72. The Kier molecular flexibility index (Phi) is 4.69. The molecule has 0 amide bonds. The molecule has 0 aliphatic heterocycles. The molecule has 0 unspecified atom stereocenters. The summed E-state index contributed by atoms with van der Waals surface area (Å²) in [5.41, 5.74) is 2.08. The summed E-state index contributed by atoms with van der Waals surface area (Å²) in [4.78, 5) is 12.2. The molecule has 0 spiro atoms. The molecule has 0 atom stereocenters. The van der Waals surface area contributed by atoms with Crippen LogP contribution in [0, 0.1) is 0 Å². The van der Waals surface area contributed by atoms with Gasteiger partial charge in [-0.3, -0.25) is 4.79 Å². The molecule has 0 saturated carbocycles. The lowest BCUT2D eigenvalue weighted by atomic mass is 10.0. The first-order valence-electron chi connectivity index (χ1n) is 6.35. The van der Waals surface area contributed by atoms with Crippen LogP contribution in [0.15, 0.2) is 61.2 Å². The van der Waals surface area contributed by atoms with Crippen LogP contribution in [0.2, 0.25) is 0 Å². The maximum Gasteiger partial charge on any atom is 0.193 e. The summed E-state index contributed by atoms with van der Waals surface area (Å²) < 4.78 is 5.23. The van der Waals surface area contributed by atoms with E-state index in [1.54, 1.807) is 36.4 Å². The number of carbonyl (C=O) groups excluding carboxylic acids is 1. The predicted molar refractivity (Wildman–Crippen MR) is 78.4 cm³/mol.